The Morgan fingerprint density at radius 2 is 1.71 bits per heavy atom. The molecule has 0 aliphatic heterocycles. The molecule has 0 saturated heterocycles. The maximum atomic E-state index is 12.3. The van der Waals surface area contributed by atoms with Crippen molar-refractivity contribution in [3.8, 4) is 0 Å². The van der Waals surface area contributed by atoms with E-state index in [0.29, 0.717) is 11.8 Å². The summed E-state index contributed by atoms with van der Waals surface area (Å²) in [5.74, 6) is -3.17. The predicted octanol–water partition coefficient (Wildman–Crippen LogP) is 1.20. The highest BCUT2D eigenvalue weighted by atomic mass is 16.4. The van der Waals surface area contributed by atoms with Gasteiger partial charge < -0.3 is 20.5 Å². The topological polar surface area (TPSA) is 130 Å². The maximum Gasteiger partial charge on any atom is 0.305 e. The van der Waals surface area contributed by atoms with E-state index in [0.717, 1.165) is 0 Å². The van der Waals surface area contributed by atoms with Crippen LogP contribution in [0.4, 0.5) is 0 Å². The first kappa shape index (κ1) is 23.0. The van der Waals surface area contributed by atoms with E-state index in [9.17, 15) is 24.0 Å². The molecule has 1 rings (SSSR count). The molecule has 8 heteroatoms. The Morgan fingerprint density at radius 1 is 1.07 bits per heavy atom. The van der Waals surface area contributed by atoms with Crippen LogP contribution in [0.3, 0.4) is 0 Å². The lowest BCUT2D eigenvalue weighted by Crippen LogP contribution is -2.44. The van der Waals surface area contributed by atoms with Crippen LogP contribution in [0.2, 0.25) is 0 Å². The van der Waals surface area contributed by atoms with Crippen LogP contribution in [0.25, 0.3) is 0 Å². The molecule has 0 aliphatic rings. The van der Waals surface area contributed by atoms with E-state index in [2.05, 4.69) is 10.6 Å². The Morgan fingerprint density at radius 3 is 2.25 bits per heavy atom. The lowest BCUT2D eigenvalue weighted by atomic mass is 9.91. The molecular weight excluding hydrogens is 364 g/mol. The Balaban J connectivity index is 2.52. The molecule has 0 spiro atoms. The van der Waals surface area contributed by atoms with E-state index in [-0.39, 0.29) is 31.1 Å². The summed E-state index contributed by atoms with van der Waals surface area (Å²) in [4.78, 5) is 58.1. The van der Waals surface area contributed by atoms with E-state index in [4.69, 9.17) is 5.11 Å². The van der Waals surface area contributed by atoms with Crippen LogP contribution in [-0.4, -0.2) is 47.5 Å². The number of carboxylic acids is 1. The van der Waals surface area contributed by atoms with Gasteiger partial charge in [-0.2, -0.15) is 0 Å². The summed E-state index contributed by atoms with van der Waals surface area (Å²) in [6.45, 7) is 3.65. The molecule has 152 valence electrons. The number of hydrogen-bond acceptors (Lipinski definition) is 5. The summed E-state index contributed by atoms with van der Waals surface area (Å²) < 4.78 is 0. The van der Waals surface area contributed by atoms with Gasteiger partial charge in [0.25, 0.3) is 0 Å². The van der Waals surface area contributed by atoms with Gasteiger partial charge in [0.05, 0.1) is 12.5 Å². The Labute approximate surface area is 163 Å². The first-order valence-corrected chi connectivity index (χ1v) is 9.07. The van der Waals surface area contributed by atoms with Gasteiger partial charge >= 0.3 is 5.97 Å². The SMILES string of the molecule is CC(C)[C@H](CC(=O)NCCC(=O)c1ccccc1)C(=O)N[C@H](C=O)CC(=O)O. The number of rotatable bonds is 12. The number of benzene rings is 1. The Kier molecular flexibility index (Phi) is 9.56. The summed E-state index contributed by atoms with van der Waals surface area (Å²) in [6, 6.07) is 7.58. The quantitative estimate of drug-likeness (QED) is 0.363. The van der Waals surface area contributed by atoms with Gasteiger partial charge in [0.15, 0.2) is 5.78 Å². The molecule has 2 amide bonds. The predicted molar refractivity (Wildman–Crippen MR) is 102 cm³/mol. The van der Waals surface area contributed by atoms with E-state index >= 15 is 0 Å². The molecule has 28 heavy (non-hydrogen) atoms. The van der Waals surface area contributed by atoms with Crippen molar-refractivity contribution >= 4 is 29.9 Å². The minimum absolute atomic E-state index is 0.0958. The van der Waals surface area contributed by atoms with Crippen LogP contribution in [0.1, 0.15) is 43.5 Å². The highest BCUT2D eigenvalue weighted by Gasteiger charge is 2.27. The van der Waals surface area contributed by atoms with Crippen molar-refractivity contribution in [1.82, 2.24) is 10.6 Å². The zero-order valence-electron chi connectivity index (χ0n) is 16.0. The molecule has 0 radical (unpaired) electrons. The molecule has 2 atom stereocenters. The van der Waals surface area contributed by atoms with Gasteiger partial charge in [-0.05, 0) is 5.92 Å². The lowest BCUT2D eigenvalue weighted by Gasteiger charge is -2.21. The molecule has 3 N–H and O–H groups in total. The molecule has 0 fully saturated rings. The van der Waals surface area contributed by atoms with Crippen LogP contribution in [0.5, 0.6) is 0 Å². The van der Waals surface area contributed by atoms with Gasteiger partial charge in [0.2, 0.25) is 11.8 Å². The molecule has 1 aromatic rings. The minimum atomic E-state index is -1.21. The molecule has 0 bridgehead atoms. The highest BCUT2D eigenvalue weighted by Crippen LogP contribution is 2.16. The Hall–Kier alpha value is -3.03. The van der Waals surface area contributed by atoms with Crippen molar-refractivity contribution in [3.63, 3.8) is 0 Å². The van der Waals surface area contributed by atoms with E-state index in [1.807, 2.05) is 0 Å². The van der Waals surface area contributed by atoms with Crippen LogP contribution in [0.15, 0.2) is 30.3 Å². The number of carbonyl (C=O) groups excluding carboxylic acids is 4. The fourth-order valence-electron chi connectivity index (χ4n) is 2.60. The van der Waals surface area contributed by atoms with E-state index in [1.165, 1.54) is 0 Å². The standard InChI is InChI=1S/C20H26N2O6/c1-13(2)16(20(28)22-15(12-23)10-19(26)27)11-18(25)21-9-8-17(24)14-6-4-3-5-7-14/h3-7,12-13,15-16H,8-11H2,1-2H3,(H,21,25)(H,22,28)(H,26,27)/t15-,16-/m0/s1. The summed E-state index contributed by atoms with van der Waals surface area (Å²) in [5.41, 5.74) is 0.564. The molecule has 8 nitrogen and oxygen atoms in total. The zero-order valence-corrected chi connectivity index (χ0v) is 16.0. The average molecular weight is 390 g/mol. The van der Waals surface area contributed by atoms with Crippen molar-refractivity contribution in [2.75, 3.05) is 6.54 Å². The van der Waals surface area contributed by atoms with Gasteiger partial charge in [0, 0.05) is 30.9 Å². The summed E-state index contributed by atoms with van der Waals surface area (Å²) >= 11 is 0. The number of Topliss-reactive ketones (excluding diaryl/α,β-unsaturated/α-hetero) is 1. The van der Waals surface area contributed by atoms with Crippen molar-refractivity contribution in [3.05, 3.63) is 35.9 Å². The van der Waals surface area contributed by atoms with Crippen molar-refractivity contribution in [2.24, 2.45) is 11.8 Å². The summed E-state index contributed by atoms with van der Waals surface area (Å²) in [7, 11) is 0. The molecule has 0 aliphatic carbocycles. The number of carbonyl (C=O) groups is 5. The van der Waals surface area contributed by atoms with Crippen LogP contribution in [0, 0.1) is 11.8 Å². The molecule has 0 unspecified atom stereocenters. The third-order valence-corrected chi connectivity index (χ3v) is 4.20. The monoisotopic (exact) mass is 390 g/mol. The molecule has 0 aromatic heterocycles. The van der Waals surface area contributed by atoms with Gasteiger partial charge in [0.1, 0.15) is 6.29 Å². The van der Waals surface area contributed by atoms with Gasteiger partial charge in [-0.15, -0.1) is 0 Å². The van der Waals surface area contributed by atoms with E-state index in [1.54, 1.807) is 44.2 Å². The largest absolute Gasteiger partial charge is 0.481 e. The van der Waals surface area contributed by atoms with Crippen molar-refractivity contribution in [1.29, 1.82) is 0 Å². The smallest absolute Gasteiger partial charge is 0.305 e. The van der Waals surface area contributed by atoms with E-state index < -0.39 is 36.2 Å². The van der Waals surface area contributed by atoms with Gasteiger partial charge in [-0.3, -0.25) is 19.2 Å². The normalized spacial score (nSPS) is 12.7. The minimum Gasteiger partial charge on any atom is -0.481 e. The number of carboxylic acid groups (broad SMARTS) is 1. The number of aldehydes is 1. The molecule has 0 heterocycles. The summed E-state index contributed by atoms with van der Waals surface area (Å²) in [6.07, 6.45) is -0.145. The third-order valence-electron chi connectivity index (χ3n) is 4.20. The van der Waals surface area contributed by atoms with Gasteiger partial charge in [-0.1, -0.05) is 44.2 Å². The number of amides is 2. The first-order valence-electron chi connectivity index (χ1n) is 9.07. The van der Waals surface area contributed by atoms with Crippen LogP contribution < -0.4 is 10.6 Å². The van der Waals surface area contributed by atoms with Crippen molar-refractivity contribution in [2.45, 2.75) is 39.2 Å². The zero-order chi connectivity index (χ0) is 21.1. The average Bonchev–Trinajstić information content (AvgIpc) is 2.65. The second-order valence-electron chi connectivity index (χ2n) is 6.79. The fraction of sp³-hybridized carbons (Fsp3) is 0.450. The number of hydrogen-bond donors (Lipinski definition) is 3. The second kappa shape index (κ2) is 11.6. The number of nitrogens with one attached hydrogen (secondary N) is 2. The summed E-state index contributed by atoms with van der Waals surface area (Å²) in [5, 5.41) is 13.7. The first-order chi connectivity index (χ1) is 13.2. The maximum absolute atomic E-state index is 12.3. The Bertz CT molecular complexity index is 702. The number of aliphatic carboxylic acids is 1. The molecule has 0 saturated carbocycles. The van der Waals surface area contributed by atoms with Crippen LogP contribution >= 0.6 is 0 Å². The molecular formula is C20H26N2O6. The third kappa shape index (κ3) is 8.11. The fourth-order valence-corrected chi connectivity index (χ4v) is 2.60. The second-order valence-corrected chi connectivity index (χ2v) is 6.79. The highest BCUT2D eigenvalue weighted by molar-refractivity contribution is 5.96. The van der Waals surface area contributed by atoms with Crippen LogP contribution in [-0.2, 0) is 19.2 Å². The van der Waals surface area contributed by atoms with Gasteiger partial charge in [-0.25, -0.2) is 0 Å². The lowest BCUT2D eigenvalue weighted by molar-refractivity contribution is -0.139. The number of ketones is 1. The van der Waals surface area contributed by atoms with Crippen molar-refractivity contribution < 1.29 is 29.1 Å². The molecule has 1 aromatic carbocycles.